The van der Waals surface area contributed by atoms with E-state index in [4.69, 9.17) is 23.8 Å². The Morgan fingerprint density at radius 2 is 1.91 bits per heavy atom. The number of nitrogens with one attached hydrogen (secondary N) is 1. The number of rotatable bonds is 5. The average molecular weight is 613 g/mol. The second kappa shape index (κ2) is 10.1. The number of carbonyl (C=O) groups is 1. The van der Waals surface area contributed by atoms with Crippen LogP contribution in [0.2, 0.25) is 5.02 Å². The van der Waals surface area contributed by atoms with Crippen molar-refractivity contribution in [1.82, 2.24) is 14.8 Å². The molecule has 1 aromatic heterocycles. The molecule has 0 saturated carbocycles. The summed E-state index contributed by atoms with van der Waals surface area (Å²) in [5, 5.41) is 8.11. The van der Waals surface area contributed by atoms with Crippen molar-refractivity contribution in [1.29, 1.82) is 0 Å². The SMILES string of the molecule is Cn1c(C(c2ccc(I)cc2)c2ccc3c(c2)CCN3C(=O)/C=C/c2cccc(Cl)c2)n[nH]c1=S. The number of benzene rings is 3. The lowest BCUT2D eigenvalue weighted by Crippen LogP contribution is -2.26. The summed E-state index contributed by atoms with van der Waals surface area (Å²) >= 11 is 13.8. The number of aromatic nitrogens is 3. The van der Waals surface area contributed by atoms with Crippen molar-refractivity contribution in [2.75, 3.05) is 11.4 Å². The summed E-state index contributed by atoms with van der Waals surface area (Å²) in [6.45, 7) is 0.651. The Kier molecular flexibility index (Phi) is 6.91. The predicted molar refractivity (Wildman–Crippen MR) is 151 cm³/mol. The molecule has 0 saturated heterocycles. The number of hydrogen-bond acceptors (Lipinski definition) is 3. The van der Waals surface area contributed by atoms with Gasteiger partial charge in [-0.25, -0.2) is 0 Å². The molecular formula is C27H22ClIN4OS. The van der Waals surface area contributed by atoms with E-state index in [9.17, 15) is 4.79 Å². The van der Waals surface area contributed by atoms with Crippen LogP contribution >= 0.6 is 46.4 Å². The summed E-state index contributed by atoms with van der Waals surface area (Å²) in [5.41, 5.74) is 5.25. The highest BCUT2D eigenvalue weighted by atomic mass is 127. The lowest BCUT2D eigenvalue weighted by atomic mass is 9.89. The Hall–Kier alpha value is -2.75. The van der Waals surface area contributed by atoms with E-state index in [-0.39, 0.29) is 11.8 Å². The summed E-state index contributed by atoms with van der Waals surface area (Å²) < 4.78 is 3.68. The molecule has 5 nitrogen and oxygen atoms in total. The van der Waals surface area contributed by atoms with Crippen molar-refractivity contribution in [2.45, 2.75) is 12.3 Å². The molecule has 3 aromatic carbocycles. The third kappa shape index (κ3) is 4.98. The summed E-state index contributed by atoms with van der Waals surface area (Å²) in [4.78, 5) is 14.8. The second-order valence-corrected chi connectivity index (χ2v) is 10.5. The molecule has 1 atom stereocenters. The van der Waals surface area contributed by atoms with Gasteiger partial charge in [-0.15, -0.1) is 0 Å². The number of anilines is 1. The van der Waals surface area contributed by atoms with E-state index >= 15 is 0 Å². The second-order valence-electron chi connectivity index (χ2n) is 8.45. The summed E-state index contributed by atoms with van der Waals surface area (Å²) in [7, 11) is 1.93. The molecule has 0 spiro atoms. The number of hydrogen-bond donors (Lipinski definition) is 1. The molecule has 0 bridgehead atoms. The maximum absolute atomic E-state index is 13.0. The van der Waals surface area contributed by atoms with E-state index < -0.39 is 0 Å². The molecular weight excluding hydrogens is 591 g/mol. The first-order valence-corrected chi connectivity index (χ1v) is 13.0. The Labute approximate surface area is 227 Å². The average Bonchev–Trinajstić information content (AvgIpc) is 3.42. The lowest BCUT2D eigenvalue weighted by Gasteiger charge is -2.20. The highest BCUT2D eigenvalue weighted by Gasteiger charge is 2.27. The van der Waals surface area contributed by atoms with Gasteiger partial charge in [-0.1, -0.05) is 48.0 Å². The Morgan fingerprint density at radius 1 is 1.14 bits per heavy atom. The summed E-state index contributed by atoms with van der Waals surface area (Å²) in [5.74, 6) is 0.731. The van der Waals surface area contributed by atoms with Crippen LogP contribution in [0, 0.1) is 8.34 Å². The number of H-pyrrole nitrogens is 1. The van der Waals surface area contributed by atoms with Crippen molar-refractivity contribution in [3.8, 4) is 0 Å². The minimum absolute atomic E-state index is 0.0416. The van der Waals surface area contributed by atoms with E-state index in [2.05, 4.69) is 69.2 Å². The normalized spacial score (nSPS) is 13.9. The van der Waals surface area contributed by atoms with Crippen LogP contribution in [0.25, 0.3) is 6.08 Å². The number of halogens is 2. The first-order valence-electron chi connectivity index (χ1n) is 11.2. The molecule has 8 heteroatoms. The maximum atomic E-state index is 13.0. The molecule has 4 aromatic rings. The number of carbonyl (C=O) groups excluding carboxylic acids is 1. The molecule has 1 aliphatic heterocycles. The minimum atomic E-state index is -0.0808. The fraction of sp³-hybridized carbons (Fsp3) is 0.148. The van der Waals surface area contributed by atoms with Crippen molar-refractivity contribution < 1.29 is 4.79 Å². The predicted octanol–water partition coefficient (Wildman–Crippen LogP) is 6.52. The van der Waals surface area contributed by atoms with Gasteiger partial charge in [0.05, 0.1) is 5.92 Å². The zero-order valence-electron chi connectivity index (χ0n) is 18.9. The van der Waals surface area contributed by atoms with Gasteiger partial charge >= 0.3 is 0 Å². The topological polar surface area (TPSA) is 53.9 Å². The van der Waals surface area contributed by atoms with Crippen LogP contribution in [-0.2, 0) is 18.3 Å². The van der Waals surface area contributed by atoms with Crippen molar-refractivity contribution in [2.24, 2.45) is 7.05 Å². The standard InChI is InChI=1S/C27H22ClIN4OS/c1-32-26(30-31-27(32)35)25(18-6-9-22(29)10-7-18)20-8-11-23-19(16-20)13-14-33(23)24(34)12-5-17-3-2-4-21(28)15-17/h2-12,15-16,25H,13-14H2,1H3,(H,31,35)/b12-5+. The Morgan fingerprint density at radius 3 is 2.63 bits per heavy atom. The van der Waals surface area contributed by atoms with E-state index in [0.29, 0.717) is 16.3 Å². The third-order valence-electron chi connectivity index (χ3n) is 6.24. The van der Waals surface area contributed by atoms with Gasteiger partial charge in [0.2, 0.25) is 0 Å². The highest BCUT2D eigenvalue weighted by molar-refractivity contribution is 14.1. The van der Waals surface area contributed by atoms with Gasteiger partial charge in [0.1, 0.15) is 5.82 Å². The van der Waals surface area contributed by atoms with Gasteiger partial charge in [0, 0.05) is 33.9 Å². The number of fused-ring (bicyclic) bond motifs is 1. The van der Waals surface area contributed by atoms with Crippen molar-refractivity contribution >= 4 is 64.1 Å². The highest BCUT2D eigenvalue weighted by Crippen LogP contribution is 2.36. The van der Waals surface area contributed by atoms with Crippen molar-refractivity contribution in [3.63, 3.8) is 0 Å². The zero-order chi connectivity index (χ0) is 24.5. The Balaban J connectivity index is 1.47. The quantitative estimate of drug-likeness (QED) is 0.159. The van der Waals surface area contributed by atoms with E-state index in [0.717, 1.165) is 40.2 Å². The van der Waals surface area contributed by atoms with Crippen LogP contribution in [0.4, 0.5) is 5.69 Å². The zero-order valence-corrected chi connectivity index (χ0v) is 22.6. The molecule has 1 aliphatic rings. The Bertz CT molecular complexity index is 1490. The first-order chi connectivity index (χ1) is 16.9. The van der Waals surface area contributed by atoms with Crippen LogP contribution in [0.1, 0.15) is 34.0 Å². The molecule has 5 rings (SSSR count). The van der Waals surface area contributed by atoms with Gasteiger partial charge in [0.25, 0.3) is 5.91 Å². The van der Waals surface area contributed by atoms with Crippen LogP contribution in [0.3, 0.4) is 0 Å². The van der Waals surface area contributed by atoms with Gasteiger partial charge in [-0.05, 0) is 99.9 Å². The van der Waals surface area contributed by atoms with Crippen LogP contribution < -0.4 is 4.90 Å². The molecule has 0 radical (unpaired) electrons. The number of aromatic amines is 1. The minimum Gasteiger partial charge on any atom is -0.308 e. The van der Waals surface area contributed by atoms with Gasteiger partial charge < -0.3 is 9.47 Å². The molecule has 1 N–H and O–H groups in total. The van der Waals surface area contributed by atoms with Crippen LogP contribution in [-0.4, -0.2) is 27.2 Å². The van der Waals surface area contributed by atoms with Crippen LogP contribution in [0.15, 0.2) is 72.8 Å². The molecule has 1 unspecified atom stereocenters. The van der Waals surface area contributed by atoms with E-state index in [1.54, 1.807) is 12.2 Å². The lowest BCUT2D eigenvalue weighted by molar-refractivity contribution is -0.114. The van der Waals surface area contributed by atoms with Crippen molar-refractivity contribution in [3.05, 3.63) is 114 Å². The van der Waals surface area contributed by atoms with Gasteiger partial charge in [-0.2, -0.15) is 5.10 Å². The molecule has 0 aliphatic carbocycles. The van der Waals surface area contributed by atoms with E-state index in [1.165, 1.54) is 3.57 Å². The maximum Gasteiger partial charge on any atom is 0.251 e. The number of amides is 1. The largest absolute Gasteiger partial charge is 0.308 e. The molecule has 2 heterocycles. The molecule has 35 heavy (non-hydrogen) atoms. The molecule has 1 amide bonds. The summed E-state index contributed by atoms with van der Waals surface area (Å²) in [6.07, 6.45) is 4.22. The smallest absolute Gasteiger partial charge is 0.251 e. The van der Waals surface area contributed by atoms with Gasteiger partial charge in [-0.3, -0.25) is 9.89 Å². The van der Waals surface area contributed by atoms with E-state index in [1.807, 2.05) is 46.8 Å². The monoisotopic (exact) mass is 612 g/mol. The fourth-order valence-corrected chi connectivity index (χ4v) is 5.16. The molecule has 176 valence electrons. The van der Waals surface area contributed by atoms with Gasteiger partial charge in [0.15, 0.2) is 4.77 Å². The van der Waals surface area contributed by atoms with Crippen LogP contribution in [0.5, 0.6) is 0 Å². The third-order valence-corrected chi connectivity index (χ3v) is 7.56. The first kappa shape index (κ1) is 24.0. The fourth-order valence-electron chi connectivity index (χ4n) is 4.46. The summed E-state index contributed by atoms with van der Waals surface area (Å²) in [6, 6.07) is 22.3. The number of nitrogens with zero attached hydrogens (tertiary/aromatic N) is 3. The molecule has 0 fully saturated rings.